The van der Waals surface area contributed by atoms with Crippen LogP contribution in [-0.2, 0) is 14.3 Å². The molecule has 0 bridgehead atoms. The third kappa shape index (κ3) is 5.48. The van der Waals surface area contributed by atoms with Crippen molar-refractivity contribution in [1.29, 1.82) is 0 Å². The lowest BCUT2D eigenvalue weighted by Crippen LogP contribution is -2.46. The molecule has 0 aliphatic carbocycles. The summed E-state index contributed by atoms with van der Waals surface area (Å²) in [7, 11) is 1.62. The van der Waals surface area contributed by atoms with Crippen LogP contribution in [0, 0.1) is 0 Å². The molecule has 1 amide bonds. The van der Waals surface area contributed by atoms with E-state index in [-0.39, 0.29) is 12.5 Å². The van der Waals surface area contributed by atoms with Gasteiger partial charge in [0.05, 0.1) is 13.2 Å². The van der Waals surface area contributed by atoms with Crippen LogP contribution in [0.5, 0.6) is 0 Å². The Balaban J connectivity index is 2.12. The van der Waals surface area contributed by atoms with Gasteiger partial charge in [-0.1, -0.05) is 6.92 Å². The van der Waals surface area contributed by atoms with Gasteiger partial charge < -0.3 is 19.7 Å². The highest BCUT2D eigenvalue weighted by Crippen LogP contribution is 2.10. The van der Waals surface area contributed by atoms with Crippen molar-refractivity contribution in [3.63, 3.8) is 0 Å². The molecule has 1 rings (SSSR count). The molecule has 0 unspecified atom stereocenters. The van der Waals surface area contributed by atoms with Crippen LogP contribution in [0.1, 0.15) is 19.8 Å². The first-order valence-corrected chi connectivity index (χ1v) is 6.35. The second-order valence-electron chi connectivity index (χ2n) is 4.26. The number of methoxy groups -OCH3 is 1. The van der Waals surface area contributed by atoms with Crippen LogP contribution in [0.3, 0.4) is 0 Å². The van der Waals surface area contributed by atoms with Crippen LogP contribution in [0.4, 0.5) is 0 Å². The van der Waals surface area contributed by atoms with Gasteiger partial charge in [0, 0.05) is 26.2 Å². The van der Waals surface area contributed by atoms with Crippen molar-refractivity contribution in [2.45, 2.75) is 25.8 Å². The summed E-state index contributed by atoms with van der Waals surface area (Å²) < 4.78 is 10.1. The number of amides is 1. The van der Waals surface area contributed by atoms with E-state index in [1.165, 1.54) is 0 Å². The third-order valence-electron chi connectivity index (χ3n) is 3.00. The van der Waals surface area contributed by atoms with Crippen LogP contribution in [0.15, 0.2) is 0 Å². The van der Waals surface area contributed by atoms with Gasteiger partial charge in [0.2, 0.25) is 5.91 Å². The number of carbonyl (C=O) groups is 1. The molecule has 0 aromatic carbocycles. The molecule has 1 saturated heterocycles. The fourth-order valence-corrected chi connectivity index (χ4v) is 2.01. The molecule has 1 heterocycles. The molecular formula is C12H24N2O3. The van der Waals surface area contributed by atoms with Gasteiger partial charge >= 0.3 is 0 Å². The van der Waals surface area contributed by atoms with Gasteiger partial charge in [0.1, 0.15) is 6.61 Å². The van der Waals surface area contributed by atoms with Crippen LogP contribution in [0.25, 0.3) is 0 Å². The molecule has 0 atom stereocenters. The van der Waals surface area contributed by atoms with Gasteiger partial charge in [-0.15, -0.1) is 0 Å². The first-order valence-electron chi connectivity index (χ1n) is 6.35. The summed E-state index contributed by atoms with van der Waals surface area (Å²) >= 11 is 0. The minimum atomic E-state index is 0.0936. The van der Waals surface area contributed by atoms with E-state index in [2.05, 4.69) is 12.2 Å². The first-order chi connectivity index (χ1) is 8.27. The van der Waals surface area contributed by atoms with E-state index in [0.29, 0.717) is 19.3 Å². The number of carbonyl (C=O) groups excluding carboxylic acids is 1. The monoisotopic (exact) mass is 244 g/mol. The zero-order valence-electron chi connectivity index (χ0n) is 10.9. The maximum absolute atomic E-state index is 11.8. The number of nitrogens with one attached hydrogen (secondary N) is 1. The molecule has 1 aliphatic heterocycles. The molecule has 0 aromatic heterocycles. The van der Waals surface area contributed by atoms with E-state index in [4.69, 9.17) is 9.47 Å². The van der Waals surface area contributed by atoms with Crippen molar-refractivity contribution in [2.24, 2.45) is 0 Å². The molecular weight excluding hydrogens is 220 g/mol. The SMILES string of the molecule is CCNC1CCN(C(=O)COCCOC)CC1. The molecule has 5 heteroatoms. The summed E-state index contributed by atoms with van der Waals surface area (Å²) in [6, 6.07) is 0.568. The lowest BCUT2D eigenvalue weighted by Gasteiger charge is -2.32. The Kier molecular flexibility index (Phi) is 7.16. The van der Waals surface area contributed by atoms with E-state index in [9.17, 15) is 4.79 Å². The minimum Gasteiger partial charge on any atom is -0.382 e. The Bertz CT molecular complexity index is 216. The summed E-state index contributed by atoms with van der Waals surface area (Å²) in [5.74, 6) is 0.0936. The quantitative estimate of drug-likeness (QED) is 0.652. The fraction of sp³-hybridized carbons (Fsp3) is 0.917. The van der Waals surface area contributed by atoms with Crippen LogP contribution >= 0.6 is 0 Å². The number of hydrogen-bond acceptors (Lipinski definition) is 4. The van der Waals surface area contributed by atoms with Gasteiger partial charge in [-0.3, -0.25) is 4.79 Å². The zero-order valence-corrected chi connectivity index (χ0v) is 10.9. The predicted octanol–water partition coefficient (Wildman–Crippen LogP) is 0.250. The van der Waals surface area contributed by atoms with Gasteiger partial charge in [0.25, 0.3) is 0 Å². The molecule has 100 valence electrons. The van der Waals surface area contributed by atoms with Crippen LogP contribution in [-0.4, -0.2) is 63.4 Å². The molecule has 1 aliphatic rings. The highest BCUT2D eigenvalue weighted by Gasteiger charge is 2.21. The number of ether oxygens (including phenoxy) is 2. The van der Waals surface area contributed by atoms with Gasteiger partial charge in [-0.05, 0) is 19.4 Å². The van der Waals surface area contributed by atoms with Crippen LogP contribution in [0.2, 0.25) is 0 Å². The number of likely N-dealkylation sites (tertiary alicyclic amines) is 1. The number of nitrogens with zero attached hydrogens (tertiary/aromatic N) is 1. The molecule has 0 radical (unpaired) electrons. The second kappa shape index (κ2) is 8.44. The number of rotatable bonds is 7. The maximum Gasteiger partial charge on any atom is 0.248 e. The first kappa shape index (κ1) is 14.4. The highest BCUT2D eigenvalue weighted by atomic mass is 16.5. The molecule has 17 heavy (non-hydrogen) atoms. The molecule has 0 aromatic rings. The summed E-state index contributed by atoms with van der Waals surface area (Å²) in [4.78, 5) is 13.7. The minimum absolute atomic E-state index is 0.0936. The second-order valence-corrected chi connectivity index (χ2v) is 4.26. The number of piperidine rings is 1. The Morgan fingerprint density at radius 2 is 2.06 bits per heavy atom. The zero-order chi connectivity index (χ0) is 12.5. The molecule has 1 fully saturated rings. The van der Waals surface area contributed by atoms with E-state index in [1.807, 2.05) is 4.90 Å². The molecule has 0 spiro atoms. The van der Waals surface area contributed by atoms with Crippen molar-refractivity contribution in [1.82, 2.24) is 10.2 Å². The maximum atomic E-state index is 11.8. The largest absolute Gasteiger partial charge is 0.382 e. The highest BCUT2D eigenvalue weighted by molar-refractivity contribution is 5.77. The van der Waals surface area contributed by atoms with Crippen molar-refractivity contribution in [2.75, 3.05) is 46.6 Å². The Morgan fingerprint density at radius 3 is 2.65 bits per heavy atom. The van der Waals surface area contributed by atoms with E-state index in [0.717, 1.165) is 32.5 Å². The average Bonchev–Trinajstić information content (AvgIpc) is 2.36. The smallest absolute Gasteiger partial charge is 0.248 e. The normalized spacial score (nSPS) is 17.4. The fourth-order valence-electron chi connectivity index (χ4n) is 2.01. The van der Waals surface area contributed by atoms with E-state index >= 15 is 0 Å². The van der Waals surface area contributed by atoms with Crippen LogP contribution < -0.4 is 5.32 Å². The Hall–Kier alpha value is -0.650. The van der Waals surface area contributed by atoms with E-state index in [1.54, 1.807) is 7.11 Å². The van der Waals surface area contributed by atoms with E-state index < -0.39 is 0 Å². The van der Waals surface area contributed by atoms with Crippen molar-refractivity contribution in [3.8, 4) is 0 Å². The topological polar surface area (TPSA) is 50.8 Å². The van der Waals surface area contributed by atoms with Crippen molar-refractivity contribution in [3.05, 3.63) is 0 Å². The van der Waals surface area contributed by atoms with Gasteiger partial charge in [-0.25, -0.2) is 0 Å². The summed E-state index contributed by atoms with van der Waals surface area (Å²) in [6.45, 7) is 5.98. The molecule has 0 saturated carbocycles. The number of hydrogen-bond donors (Lipinski definition) is 1. The van der Waals surface area contributed by atoms with Gasteiger partial charge in [-0.2, -0.15) is 0 Å². The summed E-state index contributed by atoms with van der Waals surface area (Å²) in [6.07, 6.45) is 2.08. The average molecular weight is 244 g/mol. The lowest BCUT2D eigenvalue weighted by atomic mass is 10.1. The van der Waals surface area contributed by atoms with Crippen molar-refractivity contribution < 1.29 is 14.3 Å². The summed E-state index contributed by atoms with van der Waals surface area (Å²) in [5.41, 5.74) is 0. The lowest BCUT2D eigenvalue weighted by molar-refractivity contribution is -0.137. The Labute approximate surface area is 103 Å². The molecule has 5 nitrogen and oxygen atoms in total. The standard InChI is InChI=1S/C12H24N2O3/c1-3-13-11-4-6-14(7-5-11)12(15)10-17-9-8-16-2/h11,13H,3-10H2,1-2H3. The molecule has 1 N–H and O–H groups in total. The third-order valence-corrected chi connectivity index (χ3v) is 3.00. The van der Waals surface area contributed by atoms with Gasteiger partial charge in [0.15, 0.2) is 0 Å². The summed E-state index contributed by atoms with van der Waals surface area (Å²) in [5, 5.41) is 3.42. The van der Waals surface area contributed by atoms with Crippen molar-refractivity contribution >= 4 is 5.91 Å². The Morgan fingerprint density at radius 1 is 1.35 bits per heavy atom. The predicted molar refractivity (Wildman–Crippen MR) is 66.0 cm³/mol.